The minimum atomic E-state index is 0.295. The summed E-state index contributed by atoms with van der Waals surface area (Å²) in [6.07, 6.45) is 2.44. The van der Waals surface area contributed by atoms with Gasteiger partial charge in [-0.25, -0.2) is 0 Å². The highest BCUT2D eigenvalue weighted by atomic mass is 32.1. The van der Waals surface area contributed by atoms with Crippen molar-refractivity contribution in [2.45, 2.75) is 25.8 Å². The summed E-state index contributed by atoms with van der Waals surface area (Å²) in [6, 6.07) is 0.520. The molecule has 3 atom stereocenters. The average Bonchev–Trinajstić information content (AvgIpc) is 2.17. The molecule has 2 nitrogen and oxygen atoms in total. The Labute approximate surface area is 80.2 Å². The zero-order chi connectivity index (χ0) is 8.97. The molecule has 0 aromatic heterocycles. The fraction of sp³-hybridized carbons (Fsp3) is 1.00. The molecule has 0 bridgehead atoms. The molecule has 0 saturated carbocycles. The van der Waals surface area contributed by atoms with Gasteiger partial charge >= 0.3 is 0 Å². The van der Waals surface area contributed by atoms with Crippen molar-refractivity contribution in [2.24, 2.45) is 11.8 Å². The average molecular weight is 189 g/mol. The maximum Gasteiger partial charge on any atom is 0.0471 e. The fourth-order valence-corrected chi connectivity index (χ4v) is 2.02. The third-order valence-corrected chi connectivity index (χ3v) is 3.30. The topological polar surface area (TPSA) is 32.3 Å². The Kier molecular flexibility index (Phi) is 4.40. The second-order valence-electron chi connectivity index (χ2n) is 3.80. The molecule has 1 rings (SSSR count). The van der Waals surface area contributed by atoms with E-state index in [1.165, 1.54) is 12.8 Å². The van der Waals surface area contributed by atoms with Gasteiger partial charge in [0.15, 0.2) is 0 Å². The van der Waals surface area contributed by atoms with E-state index < -0.39 is 0 Å². The van der Waals surface area contributed by atoms with Crippen LogP contribution in [-0.4, -0.2) is 30.1 Å². The molecule has 1 aliphatic rings. The minimum Gasteiger partial charge on any atom is -0.396 e. The summed E-state index contributed by atoms with van der Waals surface area (Å²) < 4.78 is 0. The number of rotatable bonds is 3. The Morgan fingerprint density at radius 1 is 1.58 bits per heavy atom. The van der Waals surface area contributed by atoms with Crippen LogP contribution in [0.5, 0.6) is 0 Å². The zero-order valence-corrected chi connectivity index (χ0v) is 8.56. The van der Waals surface area contributed by atoms with Crippen molar-refractivity contribution in [3.05, 3.63) is 0 Å². The first-order valence-corrected chi connectivity index (χ1v) is 5.36. The zero-order valence-electron chi connectivity index (χ0n) is 7.66. The monoisotopic (exact) mass is 189 g/mol. The number of nitrogens with one attached hydrogen (secondary N) is 1. The fourth-order valence-electron chi connectivity index (χ4n) is 1.71. The van der Waals surface area contributed by atoms with Gasteiger partial charge in [-0.3, -0.25) is 0 Å². The van der Waals surface area contributed by atoms with Crippen LogP contribution in [0.1, 0.15) is 19.8 Å². The quantitative estimate of drug-likeness (QED) is 0.577. The molecule has 0 amide bonds. The Morgan fingerprint density at radius 3 is 2.75 bits per heavy atom. The van der Waals surface area contributed by atoms with Crippen LogP contribution in [0.15, 0.2) is 0 Å². The number of piperidine rings is 1. The van der Waals surface area contributed by atoms with Crippen LogP contribution in [-0.2, 0) is 0 Å². The maximum atomic E-state index is 8.96. The van der Waals surface area contributed by atoms with Crippen molar-refractivity contribution in [3.8, 4) is 0 Å². The highest BCUT2D eigenvalue weighted by Crippen LogP contribution is 2.19. The van der Waals surface area contributed by atoms with Gasteiger partial charge < -0.3 is 10.4 Å². The van der Waals surface area contributed by atoms with E-state index in [2.05, 4.69) is 24.9 Å². The van der Waals surface area contributed by atoms with Gasteiger partial charge in [-0.1, -0.05) is 6.92 Å². The SMILES string of the molecule is CC(CO)C1CCC(CS)CN1. The molecule has 0 radical (unpaired) electrons. The molecule has 0 spiro atoms. The predicted molar refractivity (Wildman–Crippen MR) is 54.6 cm³/mol. The smallest absolute Gasteiger partial charge is 0.0471 e. The lowest BCUT2D eigenvalue weighted by Gasteiger charge is -2.32. The van der Waals surface area contributed by atoms with Gasteiger partial charge in [-0.2, -0.15) is 12.6 Å². The molecule has 2 N–H and O–H groups in total. The number of thiol groups is 1. The first-order valence-electron chi connectivity index (χ1n) is 4.73. The Bertz CT molecular complexity index is 124. The van der Waals surface area contributed by atoms with Crippen LogP contribution in [0.25, 0.3) is 0 Å². The van der Waals surface area contributed by atoms with E-state index in [0.29, 0.717) is 18.6 Å². The van der Waals surface area contributed by atoms with Gasteiger partial charge in [0.05, 0.1) is 0 Å². The largest absolute Gasteiger partial charge is 0.396 e. The lowest BCUT2D eigenvalue weighted by Crippen LogP contribution is -2.44. The number of aliphatic hydroxyl groups excluding tert-OH is 1. The van der Waals surface area contributed by atoms with Crippen LogP contribution in [0, 0.1) is 11.8 Å². The van der Waals surface area contributed by atoms with Crippen LogP contribution in [0.2, 0.25) is 0 Å². The van der Waals surface area contributed by atoms with Gasteiger partial charge in [0.2, 0.25) is 0 Å². The van der Waals surface area contributed by atoms with E-state index in [0.717, 1.165) is 18.2 Å². The van der Waals surface area contributed by atoms with Crippen LogP contribution >= 0.6 is 12.6 Å². The van der Waals surface area contributed by atoms with Crippen LogP contribution < -0.4 is 5.32 Å². The first-order chi connectivity index (χ1) is 5.77. The van der Waals surface area contributed by atoms with Gasteiger partial charge in [-0.15, -0.1) is 0 Å². The molecule has 72 valence electrons. The molecule has 3 unspecified atom stereocenters. The molecule has 1 heterocycles. The third-order valence-electron chi connectivity index (χ3n) is 2.79. The van der Waals surface area contributed by atoms with Crippen LogP contribution in [0.4, 0.5) is 0 Å². The van der Waals surface area contributed by atoms with Crippen LogP contribution in [0.3, 0.4) is 0 Å². The standard InChI is InChI=1S/C9H19NOS/c1-7(5-11)9-3-2-8(6-12)4-10-9/h7-12H,2-6H2,1H3. The normalized spacial score (nSPS) is 33.2. The molecule has 1 saturated heterocycles. The van der Waals surface area contributed by atoms with Crippen molar-refractivity contribution in [2.75, 3.05) is 18.9 Å². The second kappa shape index (κ2) is 5.10. The Balaban J connectivity index is 2.25. The number of hydrogen-bond donors (Lipinski definition) is 3. The summed E-state index contributed by atoms with van der Waals surface area (Å²) >= 11 is 4.28. The van der Waals surface area contributed by atoms with Gasteiger partial charge in [-0.05, 0) is 37.0 Å². The van der Waals surface area contributed by atoms with E-state index in [9.17, 15) is 0 Å². The summed E-state index contributed by atoms with van der Waals surface area (Å²) in [5.41, 5.74) is 0. The second-order valence-corrected chi connectivity index (χ2v) is 4.17. The van der Waals surface area contributed by atoms with Crippen molar-refractivity contribution in [1.29, 1.82) is 0 Å². The summed E-state index contributed by atoms with van der Waals surface area (Å²) in [5.74, 6) is 2.11. The molecule has 3 heteroatoms. The molecular weight excluding hydrogens is 170 g/mol. The van der Waals surface area contributed by atoms with Gasteiger partial charge in [0, 0.05) is 12.6 Å². The molecule has 12 heavy (non-hydrogen) atoms. The van der Waals surface area contributed by atoms with Gasteiger partial charge in [0.25, 0.3) is 0 Å². The van der Waals surface area contributed by atoms with Gasteiger partial charge in [0.1, 0.15) is 0 Å². The summed E-state index contributed by atoms with van der Waals surface area (Å²) in [7, 11) is 0. The van der Waals surface area contributed by atoms with Crippen molar-refractivity contribution >= 4 is 12.6 Å². The van der Waals surface area contributed by atoms with Crippen molar-refractivity contribution in [3.63, 3.8) is 0 Å². The molecule has 1 fully saturated rings. The van der Waals surface area contributed by atoms with E-state index in [4.69, 9.17) is 5.11 Å². The molecular formula is C9H19NOS. The predicted octanol–water partition coefficient (Wildman–Crippen LogP) is 0.913. The van der Waals surface area contributed by atoms with E-state index in [-0.39, 0.29) is 0 Å². The highest BCUT2D eigenvalue weighted by Gasteiger charge is 2.23. The Hall–Kier alpha value is 0.270. The lowest BCUT2D eigenvalue weighted by molar-refractivity contribution is 0.175. The number of aliphatic hydroxyl groups is 1. The van der Waals surface area contributed by atoms with E-state index in [1.807, 2.05) is 0 Å². The third kappa shape index (κ3) is 2.64. The summed E-state index contributed by atoms with van der Waals surface area (Å²) in [4.78, 5) is 0. The van der Waals surface area contributed by atoms with E-state index >= 15 is 0 Å². The highest BCUT2D eigenvalue weighted by molar-refractivity contribution is 7.80. The Morgan fingerprint density at radius 2 is 2.33 bits per heavy atom. The maximum absolute atomic E-state index is 8.96. The first kappa shape index (κ1) is 10.4. The van der Waals surface area contributed by atoms with E-state index in [1.54, 1.807) is 0 Å². The van der Waals surface area contributed by atoms with Crippen molar-refractivity contribution in [1.82, 2.24) is 5.32 Å². The minimum absolute atomic E-state index is 0.295. The lowest BCUT2D eigenvalue weighted by atomic mass is 9.89. The number of hydrogen-bond acceptors (Lipinski definition) is 3. The molecule has 0 aromatic rings. The molecule has 0 aliphatic carbocycles. The van der Waals surface area contributed by atoms with Crippen molar-refractivity contribution < 1.29 is 5.11 Å². The molecule has 1 aliphatic heterocycles. The summed E-state index contributed by atoms with van der Waals surface area (Å²) in [5, 5.41) is 12.4. The summed E-state index contributed by atoms with van der Waals surface area (Å²) in [6.45, 7) is 3.46. The molecule has 0 aromatic carbocycles.